The Morgan fingerprint density at radius 2 is 1.16 bits per heavy atom. The van der Waals surface area contributed by atoms with Crippen molar-refractivity contribution in [2.75, 3.05) is 47.5 Å². The number of hydrogen-bond acceptors (Lipinski definition) is 9. The number of phosphoric acid groups is 1. The summed E-state index contributed by atoms with van der Waals surface area (Å²) >= 11 is 0. The smallest absolute Gasteiger partial charge is 0.306 e. The van der Waals surface area contributed by atoms with Gasteiger partial charge in [-0.25, -0.2) is 0 Å². The fraction of sp³-hybridized carbons (Fsp3) is 0.640. The summed E-state index contributed by atoms with van der Waals surface area (Å²) in [6.07, 6.45) is 51.9. The first-order valence-corrected chi connectivity index (χ1v) is 24.5. The summed E-state index contributed by atoms with van der Waals surface area (Å²) < 4.78 is 39.6. The maximum atomic E-state index is 12.7. The predicted octanol–water partition coefficient (Wildman–Crippen LogP) is 11.7. The van der Waals surface area contributed by atoms with Gasteiger partial charge in [-0.15, -0.1) is 0 Å². The molecule has 1 aliphatic heterocycles. The molecule has 0 N–H and O–H groups in total. The highest BCUT2D eigenvalue weighted by molar-refractivity contribution is 7.45. The van der Waals surface area contributed by atoms with Crippen LogP contribution in [0.1, 0.15) is 142 Å². The maximum Gasteiger partial charge on any atom is 0.306 e. The van der Waals surface area contributed by atoms with Crippen LogP contribution in [0.2, 0.25) is 0 Å². The number of unbranched alkanes of at least 4 members (excludes halogenated alkanes) is 6. The predicted molar refractivity (Wildman–Crippen MR) is 249 cm³/mol. The average molecular weight is 872 g/mol. The first kappa shape index (κ1) is 55.9. The molecule has 0 aromatic heterocycles. The van der Waals surface area contributed by atoms with Crippen LogP contribution in [0.25, 0.3) is 0 Å². The third kappa shape index (κ3) is 38.3. The lowest BCUT2D eigenvalue weighted by Crippen LogP contribution is -2.37. The maximum absolute atomic E-state index is 12.7. The summed E-state index contributed by atoms with van der Waals surface area (Å²) in [7, 11) is 1.09. The molecule has 0 radical (unpaired) electrons. The number of epoxide rings is 1. The molecule has 61 heavy (non-hydrogen) atoms. The Bertz CT molecular complexity index is 1420. The number of carbonyl (C=O) groups is 2. The Morgan fingerprint density at radius 1 is 0.623 bits per heavy atom. The zero-order valence-corrected chi connectivity index (χ0v) is 39.4. The van der Waals surface area contributed by atoms with Crippen LogP contribution >= 0.6 is 7.82 Å². The molecule has 0 aromatic rings. The van der Waals surface area contributed by atoms with Crippen molar-refractivity contribution in [1.29, 1.82) is 0 Å². The van der Waals surface area contributed by atoms with Gasteiger partial charge in [0, 0.05) is 12.8 Å². The molecule has 10 nitrogen and oxygen atoms in total. The van der Waals surface area contributed by atoms with E-state index in [2.05, 4.69) is 105 Å². The number of carbonyl (C=O) groups excluding carboxylic acids is 2. The van der Waals surface area contributed by atoms with Crippen LogP contribution in [-0.4, -0.2) is 82.2 Å². The third-order valence-electron chi connectivity index (χ3n) is 9.51. The first-order valence-electron chi connectivity index (χ1n) is 23.1. The molecule has 0 aliphatic carbocycles. The number of nitrogens with zero attached hydrogens (tertiary/aromatic N) is 1. The van der Waals surface area contributed by atoms with Gasteiger partial charge in [0.2, 0.25) is 0 Å². The van der Waals surface area contributed by atoms with Crippen molar-refractivity contribution in [3.8, 4) is 0 Å². The number of quaternary nitrogens is 1. The van der Waals surface area contributed by atoms with Crippen molar-refractivity contribution >= 4 is 19.8 Å². The molecule has 1 heterocycles. The van der Waals surface area contributed by atoms with Gasteiger partial charge >= 0.3 is 11.9 Å². The van der Waals surface area contributed by atoms with Gasteiger partial charge in [0.1, 0.15) is 19.8 Å². The van der Waals surface area contributed by atoms with Crippen LogP contribution in [0.4, 0.5) is 0 Å². The minimum absolute atomic E-state index is 0.0545. The molecule has 3 unspecified atom stereocenters. The van der Waals surface area contributed by atoms with E-state index in [-0.39, 0.29) is 26.1 Å². The van der Waals surface area contributed by atoms with E-state index in [1.807, 2.05) is 27.2 Å². The highest BCUT2D eigenvalue weighted by Gasteiger charge is 2.36. The van der Waals surface area contributed by atoms with Gasteiger partial charge in [-0.3, -0.25) is 14.2 Å². The number of esters is 2. The van der Waals surface area contributed by atoms with Crippen LogP contribution in [0.15, 0.2) is 97.2 Å². The molecule has 0 amide bonds. The molecule has 0 saturated carbocycles. The third-order valence-corrected chi connectivity index (χ3v) is 10.5. The summed E-state index contributed by atoms with van der Waals surface area (Å²) in [5.74, 6) is -0.954. The number of phosphoric ester groups is 1. The second-order valence-electron chi connectivity index (χ2n) is 16.4. The van der Waals surface area contributed by atoms with Crippen LogP contribution in [0, 0.1) is 0 Å². The van der Waals surface area contributed by atoms with Gasteiger partial charge < -0.3 is 32.6 Å². The number of likely N-dealkylation sites (N-methyl/N-ethyl adjacent to an activating group) is 1. The molecule has 0 bridgehead atoms. The topological polar surface area (TPSA) is 124 Å². The number of ether oxygens (including phenoxy) is 3. The summed E-state index contributed by atoms with van der Waals surface area (Å²) in [5.41, 5.74) is 0. The minimum atomic E-state index is -4.66. The van der Waals surface area contributed by atoms with Gasteiger partial charge in [0.05, 0.1) is 40.0 Å². The Balaban J connectivity index is 2.34. The molecule has 4 atom stereocenters. The van der Waals surface area contributed by atoms with Gasteiger partial charge in [-0.2, -0.15) is 0 Å². The summed E-state index contributed by atoms with van der Waals surface area (Å²) in [6, 6.07) is 0. The highest BCUT2D eigenvalue weighted by Crippen LogP contribution is 2.38. The summed E-state index contributed by atoms with van der Waals surface area (Å²) in [4.78, 5) is 37.6. The van der Waals surface area contributed by atoms with E-state index in [4.69, 9.17) is 23.3 Å². The second-order valence-corrected chi connectivity index (χ2v) is 17.8. The molecule has 0 spiro atoms. The van der Waals surface area contributed by atoms with Crippen molar-refractivity contribution in [3.05, 3.63) is 97.2 Å². The molecular formula is C50H82NO9P. The van der Waals surface area contributed by atoms with E-state index >= 15 is 0 Å². The van der Waals surface area contributed by atoms with Crippen molar-refractivity contribution in [1.82, 2.24) is 0 Å². The van der Waals surface area contributed by atoms with Gasteiger partial charge in [-0.05, 0) is 89.9 Å². The van der Waals surface area contributed by atoms with Crippen LogP contribution in [-0.2, 0) is 37.4 Å². The van der Waals surface area contributed by atoms with E-state index in [0.29, 0.717) is 42.5 Å². The molecule has 1 saturated heterocycles. The van der Waals surface area contributed by atoms with Crippen LogP contribution in [0.3, 0.4) is 0 Å². The van der Waals surface area contributed by atoms with E-state index in [0.717, 1.165) is 70.6 Å². The normalized spacial score (nSPS) is 17.7. The van der Waals surface area contributed by atoms with Crippen molar-refractivity contribution in [2.24, 2.45) is 0 Å². The monoisotopic (exact) mass is 872 g/mol. The average Bonchev–Trinajstić information content (AvgIpc) is 3.97. The lowest BCUT2D eigenvalue weighted by atomic mass is 10.1. The van der Waals surface area contributed by atoms with Gasteiger partial charge in [0.15, 0.2) is 6.10 Å². The van der Waals surface area contributed by atoms with Crippen LogP contribution < -0.4 is 4.89 Å². The van der Waals surface area contributed by atoms with E-state index in [1.165, 1.54) is 25.7 Å². The fourth-order valence-corrected chi connectivity index (χ4v) is 6.55. The minimum Gasteiger partial charge on any atom is -0.756 e. The molecule has 11 heteroatoms. The summed E-state index contributed by atoms with van der Waals surface area (Å²) in [6.45, 7) is 3.94. The lowest BCUT2D eigenvalue weighted by molar-refractivity contribution is -0.870. The quantitative estimate of drug-likeness (QED) is 0.0148. The molecular weight excluding hydrogens is 790 g/mol. The second kappa shape index (κ2) is 37.4. The summed E-state index contributed by atoms with van der Waals surface area (Å²) in [5, 5.41) is 0. The molecule has 346 valence electrons. The van der Waals surface area contributed by atoms with E-state index in [9.17, 15) is 19.0 Å². The largest absolute Gasteiger partial charge is 0.756 e. The van der Waals surface area contributed by atoms with E-state index < -0.39 is 32.5 Å². The van der Waals surface area contributed by atoms with Crippen LogP contribution in [0.5, 0.6) is 0 Å². The zero-order chi connectivity index (χ0) is 44.7. The SMILES string of the molecule is CC/C=C\C/C=C\C/C=C\C/C=C\C/C=C\CCCCCC(=O)OC[C@H](COP(=O)([O-])OCC[N+](C)(C)C)OC(=O)CCC/C=C\C/C=C\C/C=C\CC1OC1CCCCC. The molecule has 1 fully saturated rings. The molecule has 0 aromatic carbocycles. The Labute approximate surface area is 370 Å². The molecule has 1 aliphatic rings. The number of allylic oxidation sites excluding steroid dienone is 15. The van der Waals surface area contributed by atoms with E-state index in [1.54, 1.807) is 0 Å². The van der Waals surface area contributed by atoms with Crippen molar-refractivity contribution < 1.29 is 46.8 Å². The lowest BCUT2D eigenvalue weighted by Gasteiger charge is -2.28. The molecule has 1 rings (SSSR count). The van der Waals surface area contributed by atoms with Crippen molar-refractivity contribution in [3.63, 3.8) is 0 Å². The Morgan fingerprint density at radius 3 is 1.74 bits per heavy atom. The van der Waals surface area contributed by atoms with Gasteiger partial charge in [0.25, 0.3) is 7.82 Å². The Hall–Kier alpha value is -3.11. The highest BCUT2D eigenvalue weighted by atomic mass is 31.2. The van der Waals surface area contributed by atoms with Gasteiger partial charge in [-0.1, -0.05) is 137 Å². The fourth-order valence-electron chi connectivity index (χ4n) is 5.82. The van der Waals surface area contributed by atoms with Crippen molar-refractivity contribution in [2.45, 2.75) is 161 Å². The first-order chi connectivity index (χ1) is 29.5. The zero-order valence-electron chi connectivity index (χ0n) is 38.5. The standard InChI is InChI=1S/C50H82NO9P/c1-6-8-10-11-12-13-14-15-16-17-18-19-20-21-22-26-29-32-36-40-49(52)56-44-46(45-58-61(54,55)57-43-42-51(3,4)5)59-50(53)41-37-33-30-27-24-23-25-28-31-35-39-48-47(60-48)38-34-9-7-2/h8,10,12-13,15-16,18-19,21-23,25,27,30-31,35,46-48H,6-7,9,11,14,17,20,24,26,28-29,32-34,36-45H2,1-5H3/b10-8-,13-12-,16-15-,19-18-,22-21-,25-23-,30-27-,35-31-/t46-,47?,48?/m1/s1. The number of rotatable bonds is 39. The number of hydrogen-bond donors (Lipinski definition) is 0. The Kier molecular flexibility index (Phi) is 34.3.